The van der Waals surface area contributed by atoms with E-state index in [1.54, 1.807) is 12.1 Å². The fourth-order valence-corrected chi connectivity index (χ4v) is 1.90. The molecule has 1 aromatic rings. The average molecular weight is 254 g/mol. The smallest absolute Gasteiger partial charge is 0.306 e. The Morgan fingerprint density at radius 2 is 1.83 bits per heavy atom. The van der Waals surface area contributed by atoms with E-state index in [2.05, 4.69) is 0 Å². The summed E-state index contributed by atoms with van der Waals surface area (Å²) in [6.07, 6.45) is 3.35. The van der Waals surface area contributed by atoms with Crippen molar-refractivity contribution in [3.63, 3.8) is 0 Å². The van der Waals surface area contributed by atoms with Crippen molar-refractivity contribution >= 4 is 5.97 Å². The Balaban J connectivity index is 2.47. The Morgan fingerprint density at radius 1 is 1.17 bits per heavy atom. The molecule has 2 N–H and O–H groups in total. The molecule has 4 heteroatoms. The second-order valence-corrected chi connectivity index (χ2v) is 4.44. The highest BCUT2D eigenvalue weighted by molar-refractivity contribution is 5.70. The van der Waals surface area contributed by atoms with Gasteiger partial charge in [0.1, 0.15) is 5.82 Å². The normalized spacial score (nSPS) is 12.3. The zero-order valence-corrected chi connectivity index (χ0v) is 10.3. The van der Waals surface area contributed by atoms with Crippen LogP contribution in [0, 0.1) is 11.7 Å². The molecule has 0 spiro atoms. The molecule has 0 amide bonds. The minimum Gasteiger partial charge on any atom is -0.481 e. The molecule has 0 heterocycles. The van der Waals surface area contributed by atoms with Gasteiger partial charge in [-0.2, -0.15) is 0 Å². The van der Waals surface area contributed by atoms with E-state index in [1.165, 1.54) is 12.1 Å². The van der Waals surface area contributed by atoms with Gasteiger partial charge in [0, 0.05) is 6.61 Å². The van der Waals surface area contributed by atoms with Crippen LogP contribution in [0.15, 0.2) is 24.3 Å². The maximum absolute atomic E-state index is 12.7. The van der Waals surface area contributed by atoms with Gasteiger partial charge in [-0.15, -0.1) is 0 Å². The quantitative estimate of drug-likeness (QED) is 0.701. The Kier molecular flexibility index (Phi) is 6.36. The van der Waals surface area contributed by atoms with Gasteiger partial charge in [0.05, 0.1) is 5.92 Å². The van der Waals surface area contributed by atoms with E-state index in [4.69, 9.17) is 10.2 Å². The zero-order valence-electron chi connectivity index (χ0n) is 10.3. The van der Waals surface area contributed by atoms with Crippen LogP contribution in [0.4, 0.5) is 4.39 Å². The van der Waals surface area contributed by atoms with Gasteiger partial charge >= 0.3 is 5.97 Å². The molecule has 0 aliphatic carbocycles. The summed E-state index contributed by atoms with van der Waals surface area (Å²) >= 11 is 0. The lowest BCUT2D eigenvalue weighted by Crippen LogP contribution is -2.16. The van der Waals surface area contributed by atoms with E-state index in [1.807, 2.05) is 0 Å². The zero-order chi connectivity index (χ0) is 13.4. The summed E-state index contributed by atoms with van der Waals surface area (Å²) in [5, 5.41) is 17.8. The van der Waals surface area contributed by atoms with Gasteiger partial charge in [0.2, 0.25) is 0 Å². The third kappa shape index (κ3) is 5.27. The fourth-order valence-electron chi connectivity index (χ4n) is 1.90. The monoisotopic (exact) mass is 254 g/mol. The van der Waals surface area contributed by atoms with Crippen molar-refractivity contribution in [1.29, 1.82) is 0 Å². The Labute approximate surface area is 106 Å². The summed E-state index contributed by atoms with van der Waals surface area (Å²) in [6.45, 7) is 0.149. The Bertz CT molecular complexity index is 362. The number of carboxylic acids is 1. The van der Waals surface area contributed by atoms with Crippen molar-refractivity contribution in [1.82, 2.24) is 0 Å². The summed E-state index contributed by atoms with van der Waals surface area (Å²) < 4.78 is 12.7. The first-order valence-electron chi connectivity index (χ1n) is 6.21. The van der Waals surface area contributed by atoms with Crippen LogP contribution in [-0.4, -0.2) is 22.8 Å². The number of aliphatic hydroxyl groups is 1. The SMILES string of the molecule is O=C(O)C(CCCCCO)Cc1ccc(F)cc1. The molecule has 0 saturated heterocycles. The van der Waals surface area contributed by atoms with Gasteiger partial charge in [-0.1, -0.05) is 25.0 Å². The maximum Gasteiger partial charge on any atom is 0.306 e. The highest BCUT2D eigenvalue weighted by Gasteiger charge is 2.17. The molecule has 0 aliphatic rings. The number of carboxylic acid groups (broad SMARTS) is 1. The second-order valence-electron chi connectivity index (χ2n) is 4.44. The van der Waals surface area contributed by atoms with Crippen LogP contribution >= 0.6 is 0 Å². The minimum atomic E-state index is -0.816. The summed E-state index contributed by atoms with van der Waals surface area (Å²) in [6, 6.07) is 5.94. The fraction of sp³-hybridized carbons (Fsp3) is 0.500. The average Bonchev–Trinajstić information content (AvgIpc) is 2.35. The van der Waals surface area contributed by atoms with E-state index < -0.39 is 11.9 Å². The largest absolute Gasteiger partial charge is 0.481 e. The van der Waals surface area contributed by atoms with E-state index >= 15 is 0 Å². The predicted octanol–water partition coefficient (Wildman–Crippen LogP) is 2.62. The highest BCUT2D eigenvalue weighted by atomic mass is 19.1. The van der Waals surface area contributed by atoms with Gasteiger partial charge in [-0.25, -0.2) is 4.39 Å². The molecule has 1 atom stereocenters. The molecule has 0 bridgehead atoms. The minimum absolute atomic E-state index is 0.149. The van der Waals surface area contributed by atoms with Gasteiger partial charge in [-0.3, -0.25) is 4.79 Å². The number of hydrogen-bond acceptors (Lipinski definition) is 2. The van der Waals surface area contributed by atoms with Crippen LogP contribution in [0.2, 0.25) is 0 Å². The number of halogens is 1. The van der Waals surface area contributed by atoms with Crippen LogP contribution in [0.1, 0.15) is 31.2 Å². The van der Waals surface area contributed by atoms with Crippen LogP contribution in [0.3, 0.4) is 0 Å². The lowest BCUT2D eigenvalue weighted by Gasteiger charge is -2.12. The third-order valence-electron chi connectivity index (χ3n) is 2.96. The second kappa shape index (κ2) is 7.82. The number of aliphatic hydroxyl groups excluding tert-OH is 1. The number of unbranched alkanes of at least 4 members (excludes halogenated alkanes) is 2. The Morgan fingerprint density at radius 3 is 2.39 bits per heavy atom. The van der Waals surface area contributed by atoms with Crippen LogP contribution < -0.4 is 0 Å². The van der Waals surface area contributed by atoms with E-state index in [9.17, 15) is 9.18 Å². The number of benzene rings is 1. The Hall–Kier alpha value is -1.42. The van der Waals surface area contributed by atoms with Crippen LogP contribution in [0.5, 0.6) is 0 Å². The van der Waals surface area contributed by atoms with Crippen LogP contribution in [0.25, 0.3) is 0 Å². The summed E-state index contributed by atoms with van der Waals surface area (Å²) in [5.41, 5.74) is 0.839. The first-order chi connectivity index (χ1) is 8.63. The summed E-state index contributed by atoms with van der Waals surface area (Å²) in [4.78, 5) is 11.1. The predicted molar refractivity (Wildman–Crippen MR) is 66.8 cm³/mol. The third-order valence-corrected chi connectivity index (χ3v) is 2.96. The van der Waals surface area contributed by atoms with Crippen molar-refractivity contribution in [2.24, 2.45) is 5.92 Å². The van der Waals surface area contributed by atoms with Gasteiger partial charge in [0.25, 0.3) is 0 Å². The number of rotatable bonds is 8. The number of carbonyl (C=O) groups is 1. The molecule has 0 aliphatic heterocycles. The van der Waals surface area contributed by atoms with Gasteiger partial charge in [-0.05, 0) is 37.0 Å². The molecule has 18 heavy (non-hydrogen) atoms. The van der Waals surface area contributed by atoms with Crippen molar-refractivity contribution in [2.45, 2.75) is 32.1 Å². The van der Waals surface area contributed by atoms with E-state index in [-0.39, 0.29) is 12.4 Å². The van der Waals surface area contributed by atoms with Crippen LogP contribution in [-0.2, 0) is 11.2 Å². The summed E-state index contributed by atoms with van der Waals surface area (Å²) in [7, 11) is 0. The molecule has 3 nitrogen and oxygen atoms in total. The van der Waals surface area contributed by atoms with E-state index in [0.717, 1.165) is 18.4 Å². The first-order valence-corrected chi connectivity index (χ1v) is 6.21. The first kappa shape index (κ1) is 14.6. The number of hydrogen-bond donors (Lipinski definition) is 2. The highest BCUT2D eigenvalue weighted by Crippen LogP contribution is 2.16. The molecule has 0 saturated carbocycles. The van der Waals surface area contributed by atoms with Gasteiger partial charge < -0.3 is 10.2 Å². The maximum atomic E-state index is 12.7. The molecule has 0 fully saturated rings. The van der Waals surface area contributed by atoms with E-state index in [0.29, 0.717) is 19.3 Å². The van der Waals surface area contributed by atoms with Crippen molar-refractivity contribution < 1.29 is 19.4 Å². The van der Waals surface area contributed by atoms with Crippen molar-refractivity contribution in [3.8, 4) is 0 Å². The summed E-state index contributed by atoms with van der Waals surface area (Å²) in [5.74, 6) is -1.56. The molecule has 0 radical (unpaired) electrons. The lowest BCUT2D eigenvalue weighted by molar-refractivity contribution is -0.142. The van der Waals surface area contributed by atoms with Crippen molar-refractivity contribution in [2.75, 3.05) is 6.61 Å². The topological polar surface area (TPSA) is 57.5 Å². The molecule has 100 valence electrons. The van der Waals surface area contributed by atoms with Crippen molar-refractivity contribution in [3.05, 3.63) is 35.6 Å². The number of aliphatic carboxylic acids is 1. The lowest BCUT2D eigenvalue weighted by atomic mass is 9.94. The molecule has 1 rings (SSSR count). The standard InChI is InChI=1S/C14H19FO3/c15-13-7-5-11(6-8-13)10-12(14(17)18)4-2-1-3-9-16/h5-8,12,16H,1-4,9-10H2,(H,17,18). The van der Waals surface area contributed by atoms with Gasteiger partial charge in [0.15, 0.2) is 0 Å². The molecule has 1 aromatic carbocycles. The molecule has 1 unspecified atom stereocenters. The molecular formula is C14H19FO3. The molecule has 0 aromatic heterocycles. The molecular weight excluding hydrogens is 235 g/mol.